The molecule has 2 aromatic carbocycles. The molecule has 2 rings (SSSR count). The minimum atomic E-state index is -4.55. The second kappa shape index (κ2) is 7.25. The fraction of sp³-hybridized carbons (Fsp3) is 0.176. The van der Waals surface area contributed by atoms with Gasteiger partial charge in [0.2, 0.25) is 0 Å². The Balaban J connectivity index is 2.28. The highest BCUT2D eigenvalue weighted by atomic mass is 19.4. The minimum absolute atomic E-state index is 0.0220. The summed E-state index contributed by atoms with van der Waals surface area (Å²) >= 11 is 0. The molecule has 1 atom stereocenters. The number of amides is 2. The van der Waals surface area contributed by atoms with Gasteiger partial charge in [-0.05, 0) is 30.2 Å². The van der Waals surface area contributed by atoms with Crippen LogP contribution in [0, 0.1) is 6.92 Å². The Morgan fingerprint density at radius 3 is 2.28 bits per heavy atom. The maximum atomic E-state index is 13.0. The Hall–Kier alpha value is -3.03. The van der Waals surface area contributed by atoms with E-state index in [1.807, 2.05) is 0 Å². The second-order valence-electron chi connectivity index (χ2n) is 5.31. The molecule has 0 aliphatic rings. The van der Waals surface area contributed by atoms with Crippen LogP contribution in [0.5, 0.6) is 0 Å². The lowest BCUT2D eigenvalue weighted by molar-refractivity contribution is -0.138. The van der Waals surface area contributed by atoms with E-state index >= 15 is 0 Å². The lowest BCUT2D eigenvalue weighted by atomic mass is 10.1. The topological polar surface area (TPSA) is 78.4 Å². The van der Waals surface area contributed by atoms with Crippen LogP contribution in [0.4, 0.5) is 23.7 Å². The normalized spacial score (nSPS) is 12.3. The van der Waals surface area contributed by atoms with Gasteiger partial charge in [0.15, 0.2) is 0 Å². The molecular formula is C17H15F3N2O3. The van der Waals surface area contributed by atoms with Gasteiger partial charge in [-0.25, -0.2) is 4.79 Å². The lowest BCUT2D eigenvalue weighted by Crippen LogP contribution is -2.36. The molecule has 25 heavy (non-hydrogen) atoms. The van der Waals surface area contributed by atoms with Crippen molar-refractivity contribution in [1.29, 1.82) is 0 Å². The van der Waals surface area contributed by atoms with Gasteiger partial charge in [-0.3, -0.25) is 4.79 Å². The third-order valence-electron chi connectivity index (χ3n) is 3.47. The molecule has 132 valence electrons. The zero-order chi connectivity index (χ0) is 18.6. The van der Waals surface area contributed by atoms with Crippen LogP contribution in [0.3, 0.4) is 0 Å². The van der Waals surface area contributed by atoms with Gasteiger partial charge in [0.25, 0.3) is 5.91 Å². The molecule has 3 N–H and O–H groups in total. The quantitative estimate of drug-likeness (QED) is 0.779. The number of hydrogen-bond acceptors (Lipinski definition) is 2. The zero-order valence-corrected chi connectivity index (χ0v) is 13.1. The first-order valence-electron chi connectivity index (χ1n) is 7.21. The summed E-state index contributed by atoms with van der Waals surface area (Å²) in [6.07, 6.45) is -5.98. The highest BCUT2D eigenvalue weighted by Crippen LogP contribution is 2.33. The SMILES string of the molecule is Cc1ccc(NC(=O)C(NC(=O)O)c2ccccc2)cc1C(F)(F)F. The Kier molecular flexibility index (Phi) is 5.31. The Morgan fingerprint density at radius 1 is 1.08 bits per heavy atom. The van der Waals surface area contributed by atoms with Gasteiger partial charge in [0.05, 0.1) is 5.56 Å². The van der Waals surface area contributed by atoms with Gasteiger partial charge in [-0.1, -0.05) is 36.4 Å². The summed E-state index contributed by atoms with van der Waals surface area (Å²) in [5.41, 5.74) is -0.553. The minimum Gasteiger partial charge on any atom is -0.465 e. The zero-order valence-electron chi connectivity index (χ0n) is 13.1. The number of aryl methyl sites for hydroxylation is 1. The predicted octanol–water partition coefficient (Wildman–Crippen LogP) is 3.96. The number of anilines is 1. The van der Waals surface area contributed by atoms with Crippen molar-refractivity contribution in [3.05, 3.63) is 65.2 Å². The third kappa shape index (κ3) is 4.72. The van der Waals surface area contributed by atoms with Crippen LogP contribution in [-0.2, 0) is 11.0 Å². The van der Waals surface area contributed by atoms with Crippen molar-refractivity contribution < 1.29 is 27.9 Å². The maximum absolute atomic E-state index is 13.0. The molecule has 0 radical (unpaired) electrons. The number of carbonyl (C=O) groups excluding carboxylic acids is 1. The maximum Gasteiger partial charge on any atom is 0.416 e. The van der Waals surface area contributed by atoms with Gasteiger partial charge < -0.3 is 15.7 Å². The molecule has 0 spiro atoms. The fourth-order valence-corrected chi connectivity index (χ4v) is 2.29. The molecule has 0 heterocycles. The van der Waals surface area contributed by atoms with Crippen LogP contribution in [-0.4, -0.2) is 17.1 Å². The van der Waals surface area contributed by atoms with E-state index in [1.54, 1.807) is 18.2 Å². The molecule has 0 fully saturated rings. The van der Waals surface area contributed by atoms with Crippen LogP contribution in [0.2, 0.25) is 0 Å². The standard InChI is InChI=1S/C17H15F3N2O3/c1-10-7-8-12(9-13(10)17(18,19)20)21-15(23)14(22-16(24)25)11-5-3-2-4-6-11/h2-9,14,22H,1H3,(H,21,23)(H,24,25). The van der Waals surface area contributed by atoms with Crippen LogP contribution < -0.4 is 10.6 Å². The summed E-state index contributed by atoms with van der Waals surface area (Å²) in [6.45, 7) is 1.31. The van der Waals surface area contributed by atoms with Crippen LogP contribution in [0.15, 0.2) is 48.5 Å². The molecule has 0 saturated heterocycles. The summed E-state index contributed by atoms with van der Waals surface area (Å²) < 4.78 is 38.9. The number of rotatable bonds is 4. The van der Waals surface area contributed by atoms with Gasteiger partial charge in [0.1, 0.15) is 6.04 Å². The Morgan fingerprint density at radius 2 is 1.72 bits per heavy atom. The van der Waals surface area contributed by atoms with Crippen molar-refractivity contribution in [3.63, 3.8) is 0 Å². The molecule has 0 aliphatic carbocycles. The van der Waals surface area contributed by atoms with E-state index in [-0.39, 0.29) is 11.3 Å². The van der Waals surface area contributed by atoms with E-state index in [9.17, 15) is 22.8 Å². The summed E-state index contributed by atoms with van der Waals surface area (Å²) in [4.78, 5) is 23.3. The molecule has 0 saturated carbocycles. The largest absolute Gasteiger partial charge is 0.465 e. The summed E-state index contributed by atoms with van der Waals surface area (Å²) in [5, 5.41) is 13.3. The summed E-state index contributed by atoms with van der Waals surface area (Å²) in [6, 6.07) is 10.1. The molecule has 5 nitrogen and oxygen atoms in total. The van der Waals surface area contributed by atoms with Crippen molar-refractivity contribution in [1.82, 2.24) is 5.32 Å². The molecular weight excluding hydrogens is 337 g/mol. The number of carboxylic acid groups (broad SMARTS) is 1. The third-order valence-corrected chi connectivity index (χ3v) is 3.47. The van der Waals surface area contributed by atoms with Crippen molar-refractivity contribution >= 4 is 17.7 Å². The van der Waals surface area contributed by atoms with Gasteiger partial charge in [-0.15, -0.1) is 0 Å². The Bertz CT molecular complexity index is 776. The summed E-state index contributed by atoms with van der Waals surface area (Å²) in [5.74, 6) is -0.787. The number of nitrogens with one attached hydrogen (secondary N) is 2. The fourth-order valence-electron chi connectivity index (χ4n) is 2.29. The van der Waals surface area contributed by atoms with E-state index in [2.05, 4.69) is 10.6 Å². The number of hydrogen-bond donors (Lipinski definition) is 3. The second-order valence-corrected chi connectivity index (χ2v) is 5.31. The van der Waals surface area contributed by atoms with E-state index in [0.717, 1.165) is 6.07 Å². The van der Waals surface area contributed by atoms with E-state index in [4.69, 9.17) is 5.11 Å². The first-order valence-corrected chi connectivity index (χ1v) is 7.21. The van der Waals surface area contributed by atoms with Crippen LogP contribution in [0.1, 0.15) is 22.7 Å². The van der Waals surface area contributed by atoms with E-state index in [0.29, 0.717) is 5.56 Å². The molecule has 0 bridgehead atoms. The average Bonchev–Trinajstić information content (AvgIpc) is 2.54. The van der Waals surface area contributed by atoms with E-state index in [1.165, 1.54) is 31.2 Å². The molecule has 1 unspecified atom stereocenters. The first kappa shape index (κ1) is 18.3. The molecule has 8 heteroatoms. The number of alkyl halides is 3. The average molecular weight is 352 g/mol. The van der Waals surface area contributed by atoms with Crippen molar-refractivity contribution in [2.45, 2.75) is 19.1 Å². The first-order chi connectivity index (χ1) is 11.7. The van der Waals surface area contributed by atoms with Crippen molar-refractivity contribution in [2.75, 3.05) is 5.32 Å². The predicted molar refractivity (Wildman–Crippen MR) is 85.2 cm³/mol. The van der Waals surface area contributed by atoms with E-state index < -0.39 is 29.8 Å². The smallest absolute Gasteiger partial charge is 0.416 e. The van der Waals surface area contributed by atoms with Crippen molar-refractivity contribution in [3.8, 4) is 0 Å². The van der Waals surface area contributed by atoms with Crippen molar-refractivity contribution in [2.24, 2.45) is 0 Å². The van der Waals surface area contributed by atoms with Gasteiger partial charge in [0, 0.05) is 5.69 Å². The Labute approximate surface area is 141 Å². The highest BCUT2D eigenvalue weighted by Gasteiger charge is 2.33. The number of halogens is 3. The highest BCUT2D eigenvalue weighted by molar-refractivity contribution is 5.97. The molecule has 2 amide bonds. The monoisotopic (exact) mass is 352 g/mol. The van der Waals surface area contributed by atoms with Gasteiger partial charge >= 0.3 is 12.3 Å². The number of carbonyl (C=O) groups is 2. The number of benzene rings is 2. The van der Waals surface area contributed by atoms with Crippen LogP contribution in [0.25, 0.3) is 0 Å². The molecule has 2 aromatic rings. The summed E-state index contributed by atoms with van der Waals surface area (Å²) in [7, 11) is 0. The lowest BCUT2D eigenvalue weighted by Gasteiger charge is -2.18. The van der Waals surface area contributed by atoms with Crippen LogP contribution >= 0.6 is 0 Å². The van der Waals surface area contributed by atoms with Gasteiger partial charge in [-0.2, -0.15) is 13.2 Å². The molecule has 0 aliphatic heterocycles. The molecule has 0 aromatic heterocycles.